The Bertz CT molecular complexity index is 176. The highest BCUT2D eigenvalue weighted by atomic mass is 14.0. The molecule has 0 saturated carbocycles. The minimum absolute atomic E-state index is 0.586. The first kappa shape index (κ1) is 10.2. The molecule has 0 heteroatoms. The van der Waals surface area contributed by atoms with Gasteiger partial charge in [0, 0.05) is 0 Å². The van der Waals surface area contributed by atoms with Gasteiger partial charge in [0.05, 0.1) is 0 Å². The van der Waals surface area contributed by atoms with Gasteiger partial charge in [-0.3, -0.25) is 0 Å². The maximum absolute atomic E-state index is 3.68. The average Bonchev–Trinajstić information content (AvgIpc) is 1.86. The summed E-state index contributed by atoms with van der Waals surface area (Å²) in [5.74, 6) is 0.586. The molecule has 0 aromatic heterocycles. The second kappa shape index (κ2) is 4.95. The first-order valence-electron chi connectivity index (χ1n) is 4.05. The van der Waals surface area contributed by atoms with Crippen LogP contribution >= 0.6 is 0 Å². The van der Waals surface area contributed by atoms with Gasteiger partial charge in [0.25, 0.3) is 0 Å². The molecular formula is C11H18. The molecule has 0 nitrogen and oxygen atoms in total. The number of hydrogen-bond donors (Lipinski definition) is 0. The van der Waals surface area contributed by atoms with Crippen molar-refractivity contribution in [3.63, 3.8) is 0 Å². The van der Waals surface area contributed by atoms with E-state index in [2.05, 4.69) is 46.4 Å². The summed E-state index contributed by atoms with van der Waals surface area (Å²) in [5, 5.41) is 0. The second-order valence-electron chi connectivity index (χ2n) is 3.28. The van der Waals surface area contributed by atoms with E-state index < -0.39 is 0 Å². The van der Waals surface area contributed by atoms with E-state index in [4.69, 9.17) is 0 Å². The predicted molar refractivity (Wildman–Crippen MR) is 52.5 cm³/mol. The first-order valence-corrected chi connectivity index (χ1v) is 4.05. The highest BCUT2D eigenvalue weighted by molar-refractivity contribution is 5.26. The van der Waals surface area contributed by atoms with E-state index in [-0.39, 0.29) is 0 Å². The van der Waals surface area contributed by atoms with Crippen LogP contribution in [-0.4, -0.2) is 0 Å². The lowest BCUT2D eigenvalue weighted by Crippen LogP contribution is -1.90. The summed E-state index contributed by atoms with van der Waals surface area (Å²) in [6.45, 7) is 12.3. The lowest BCUT2D eigenvalue weighted by atomic mass is 10.0. The molecule has 0 fully saturated rings. The van der Waals surface area contributed by atoms with Crippen LogP contribution in [0.1, 0.15) is 27.7 Å². The average molecular weight is 150 g/mol. The minimum atomic E-state index is 0.586. The third-order valence-corrected chi connectivity index (χ3v) is 1.43. The van der Waals surface area contributed by atoms with Gasteiger partial charge in [0.15, 0.2) is 0 Å². The summed E-state index contributed by atoms with van der Waals surface area (Å²) in [6.07, 6.45) is 6.11. The van der Waals surface area contributed by atoms with Crippen molar-refractivity contribution in [2.45, 2.75) is 27.7 Å². The fourth-order valence-electron chi connectivity index (χ4n) is 0.877. The fourth-order valence-corrected chi connectivity index (χ4v) is 0.877. The summed E-state index contributed by atoms with van der Waals surface area (Å²) in [5.41, 5.74) is 2.69. The van der Waals surface area contributed by atoms with E-state index in [9.17, 15) is 0 Å². The van der Waals surface area contributed by atoms with E-state index in [1.807, 2.05) is 6.08 Å². The molecule has 0 rings (SSSR count). The van der Waals surface area contributed by atoms with Crippen molar-refractivity contribution in [2.75, 3.05) is 0 Å². The van der Waals surface area contributed by atoms with Crippen molar-refractivity contribution in [1.82, 2.24) is 0 Å². The van der Waals surface area contributed by atoms with Crippen molar-refractivity contribution in [2.24, 2.45) is 5.92 Å². The van der Waals surface area contributed by atoms with Gasteiger partial charge in [-0.1, -0.05) is 44.2 Å². The van der Waals surface area contributed by atoms with Gasteiger partial charge in [-0.25, -0.2) is 0 Å². The molecule has 0 spiro atoms. The van der Waals surface area contributed by atoms with Crippen LogP contribution in [0.15, 0.2) is 36.0 Å². The van der Waals surface area contributed by atoms with Crippen molar-refractivity contribution < 1.29 is 0 Å². The van der Waals surface area contributed by atoms with E-state index in [1.54, 1.807) is 0 Å². The van der Waals surface area contributed by atoms with Crippen LogP contribution in [0.3, 0.4) is 0 Å². The smallest absolute Gasteiger partial charge is 0.0219 e. The maximum atomic E-state index is 3.68. The number of rotatable bonds is 3. The Labute approximate surface area is 70.3 Å². The molecule has 0 bridgehead atoms. The molecule has 0 atom stereocenters. The molecule has 0 amide bonds. The topological polar surface area (TPSA) is 0 Å². The lowest BCUT2D eigenvalue weighted by Gasteiger charge is -2.05. The zero-order valence-electron chi connectivity index (χ0n) is 8.02. The van der Waals surface area contributed by atoms with Crippen LogP contribution in [0.2, 0.25) is 0 Å². The van der Waals surface area contributed by atoms with Crippen LogP contribution in [0.5, 0.6) is 0 Å². The molecule has 0 aliphatic carbocycles. The van der Waals surface area contributed by atoms with Gasteiger partial charge in [0.1, 0.15) is 0 Å². The van der Waals surface area contributed by atoms with Crippen molar-refractivity contribution in [1.29, 1.82) is 0 Å². The van der Waals surface area contributed by atoms with Crippen molar-refractivity contribution in [3.8, 4) is 0 Å². The normalized spacial score (nSPS) is 11.5. The third kappa shape index (κ3) is 4.60. The SMILES string of the molecule is C=C/C=C(\C=C(C)C)C(C)C. The first-order chi connectivity index (χ1) is 5.07. The second-order valence-corrected chi connectivity index (χ2v) is 3.28. The third-order valence-electron chi connectivity index (χ3n) is 1.43. The summed E-state index contributed by atoms with van der Waals surface area (Å²) in [6, 6.07) is 0. The van der Waals surface area contributed by atoms with E-state index in [0.717, 1.165) is 0 Å². The number of allylic oxidation sites excluding steroid dienone is 5. The van der Waals surface area contributed by atoms with Crippen molar-refractivity contribution >= 4 is 0 Å². The molecule has 62 valence electrons. The maximum Gasteiger partial charge on any atom is -0.0219 e. The molecule has 11 heavy (non-hydrogen) atoms. The Morgan fingerprint density at radius 3 is 2.09 bits per heavy atom. The molecular weight excluding hydrogens is 132 g/mol. The zero-order valence-corrected chi connectivity index (χ0v) is 8.02. The Morgan fingerprint density at radius 1 is 1.27 bits per heavy atom. The molecule has 0 aromatic carbocycles. The van der Waals surface area contributed by atoms with Crippen LogP contribution in [0.4, 0.5) is 0 Å². The Morgan fingerprint density at radius 2 is 1.82 bits per heavy atom. The quantitative estimate of drug-likeness (QED) is 0.538. The van der Waals surface area contributed by atoms with Gasteiger partial charge >= 0.3 is 0 Å². The standard InChI is InChI=1S/C11H18/c1-6-7-11(10(4)5)8-9(2)3/h6-8,10H,1H2,2-5H3/b11-7+. The van der Waals surface area contributed by atoms with Crippen LogP contribution in [0.25, 0.3) is 0 Å². The van der Waals surface area contributed by atoms with E-state index >= 15 is 0 Å². The molecule has 0 radical (unpaired) electrons. The minimum Gasteiger partial charge on any atom is -0.0991 e. The summed E-state index contributed by atoms with van der Waals surface area (Å²) in [7, 11) is 0. The molecule has 0 aromatic rings. The molecule has 0 saturated heterocycles. The molecule has 0 aliphatic heterocycles. The van der Waals surface area contributed by atoms with Gasteiger partial charge in [-0.15, -0.1) is 0 Å². The van der Waals surface area contributed by atoms with Gasteiger partial charge in [-0.2, -0.15) is 0 Å². The van der Waals surface area contributed by atoms with Gasteiger partial charge in [0.2, 0.25) is 0 Å². The van der Waals surface area contributed by atoms with Gasteiger partial charge in [-0.05, 0) is 25.3 Å². The fraction of sp³-hybridized carbons (Fsp3) is 0.455. The molecule has 0 heterocycles. The van der Waals surface area contributed by atoms with E-state index in [0.29, 0.717) is 5.92 Å². The lowest BCUT2D eigenvalue weighted by molar-refractivity contribution is 0.790. The highest BCUT2D eigenvalue weighted by Crippen LogP contribution is 2.12. The molecule has 0 unspecified atom stereocenters. The highest BCUT2D eigenvalue weighted by Gasteiger charge is 1.96. The Balaban J connectivity index is 4.49. The Kier molecular flexibility index (Phi) is 4.60. The zero-order chi connectivity index (χ0) is 8.85. The van der Waals surface area contributed by atoms with Gasteiger partial charge < -0.3 is 0 Å². The summed E-state index contributed by atoms with van der Waals surface area (Å²) >= 11 is 0. The van der Waals surface area contributed by atoms with Crippen molar-refractivity contribution in [3.05, 3.63) is 36.0 Å². The molecule has 0 N–H and O–H groups in total. The predicted octanol–water partition coefficient (Wildman–Crippen LogP) is 3.72. The summed E-state index contributed by atoms with van der Waals surface area (Å²) in [4.78, 5) is 0. The van der Waals surface area contributed by atoms with E-state index in [1.165, 1.54) is 11.1 Å². The monoisotopic (exact) mass is 150 g/mol. The number of hydrogen-bond acceptors (Lipinski definition) is 0. The Hall–Kier alpha value is -0.780. The largest absolute Gasteiger partial charge is 0.0991 e. The van der Waals surface area contributed by atoms with Crippen LogP contribution < -0.4 is 0 Å². The summed E-state index contributed by atoms with van der Waals surface area (Å²) < 4.78 is 0. The van der Waals surface area contributed by atoms with Crippen LogP contribution in [0, 0.1) is 5.92 Å². The van der Waals surface area contributed by atoms with Crippen LogP contribution in [-0.2, 0) is 0 Å². The molecule has 0 aliphatic rings.